The Morgan fingerprint density at radius 2 is 2.03 bits per heavy atom. The first-order chi connectivity index (χ1) is 14.5. The quantitative estimate of drug-likeness (QED) is 0.514. The normalized spacial score (nSPS) is 10.7. The van der Waals surface area contributed by atoms with Crippen molar-refractivity contribution in [1.82, 2.24) is 24.4 Å². The molecule has 0 fully saturated rings. The van der Waals surface area contributed by atoms with Gasteiger partial charge in [-0.1, -0.05) is 0 Å². The molecule has 3 aromatic heterocycles. The molecule has 1 amide bonds. The smallest absolute Gasteiger partial charge is 0.256 e. The Kier molecular flexibility index (Phi) is 5.13. The Morgan fingerprint density at radius 1 is 1.23 bits per heavy atom. The summed E-state index contributed by atoms with van der Waals surface area (Å²) in [7, 11) is 1.89. The molecule has 0 unspecified atom stereocenters. The van der Waals surface area contributed by atoms with Crippen LogP contribution in [-0.2, 0) is 13.5 Å². The van der Waals surface area contributed by atoms with E-state index in [9.17, 15) is 4.79 Å². The van der Waals surface area contributed by atoms with E-state index in [1.807, 2.05) is 38.5 Å². The number of hydrogen-bond donors (Lipinski definition) is 2. The average Bonchev–Trinajstić information content (AvgIpc) is 3.34. The monoisotopic (exact) mass is 400 g/mol. The van der Waals surface area contributed by atoms with Gasteiger partial charge in [0.25, 0.3) is 5.91 Å². The molecule has 0 aliphatic rings. The van der Waals surface area contributed by atoms with E-state index in [4.69, 9.17) is 5.26 Å². The highest BCUT2D eigenvalue weighted by molar-refractivity contribution is 6.04. The lowest BCUT2D eigenvalue weighted by atomic mass is 10.1. The Morgan fingerprint density at radius 3 is 2.73 bits per heavy atom. The molecule has 0 saturated heterocycles. The highest BCUT2D eigenvalue weighted by atomic mass is 16.1. The van der Waals surface area contributed by atoms with E-state index in [-0.39, 0.29) is 5.91 Å². The fourth-order valence-electron chi connectivity index (χ4n) is 3.11. The van der Waals surface area contributed by atoms with Crippen LogP contribution in [-0.4, -0.2) is 36.8 Å². The maximum Gasteiger partial charge on any atom is 0.256 e. The van der Waals surface area contributed by atoms with E-state index < -0.39 is 0 Å². The number of carbonyl (C=O) groups excluding carboxylic acids is 1. The van der Waals surface area contributed by atoms with Crippen molar-refractivity contribution in [1.29, 1.82) is 5.26 Å². The van der Waals surface area contributed by atoms with Crippen molar-refractivity contribution in [3.05, 3.63) is 71.2 Å². The molecule has 30 heavy (non-hydrogen) atoms. The van der Waals surface area contributed by atoms with Crippen molar-refractivity contribution < 1.29 is 4.79 Å². The van der Waals surface area contributed by atoms with Crippen molar-refractivity contribution in [2.75, 3.05) is 17.2 Å². The number of amides is 1. The summed E-state index contributed by atoms with van der Waals surface area (Å²) in [6.07, 6.45) is 6.22. The van der Waals surface area contributed by atoms with Crippen molar-refractivity contribution in [2.45, 2.75) is 13.3 Å². The van der Waals surface area contributed by atoms with Gasteiger partial charge in [-0.25, -0.2) is 4.98 Å². The second-order valence-corrected chi connectivity index (χ2v) is 6.93. The zero-order valence-corrected chi connectivity index (χ0v) is 16.6. The van der Waals surface area contributed by atoms with E-state index in [0.29, 0.717) is 35.0 Å². The van der Waals surface area contributed by atoms with Crippen LogP contribution >= 0.6 is 0 Å². The second kappa shape index (κ2) is 8.05. The van der Waals surface area contributed by atoms with E-state index in [1.165, 1.54) is 0 Å². The molecule has 0 saturated carbocycles. The molecular weight excluding hydrogens is 380 g/mol. The van der Waals surface area contributed by atoms with Gasteiger partial charge in [-0.3, -0.25) is 9.48 Å². The van der Waals surface area contributed by atoms with Gasteiger partial charge in [0, 0.05) is 25.4 Å². The summed E-state index contributed by atoms with van der Waals surface area (Å²) >= 11 is 0. The summed E-state index contributed by atoms with van der Waals surface area (Å²) in [5, 5.41) is 23.8. The number of nitrogens with one attached hydrogen (secondary N) is 2. The largest absolute Gasteiger partial charge is 0.368 e. The third-order valence-electron chi connectivity index (χ3n) is 4.65. The molecule has 2 N–H and O–H groups in total. The second-order valence-electron chi connectivity index (χ2n) is 6.93. The average molecular weight is 400 g/mol. The number of aryl methyl sites for hydroxylation is 2. The SMILES string of the molecule is Cc1cc(NCCc2cnn(C)c2)nn2c(NC(=O)c3ccc(C#N)cc3)cnc12. The van der Waals surface area contributed by atoms with Gasteiger partial charge in [0.2, 0.25) is 0 Å². The maximum atomic E-state index is 12.6. The predicted molar refractivity (Wildman–Crippen MR) is 112 cm³/mol. The Labute approximate surface area is 173 Å². The minimum absolute atomic E-state index is 0.296. The van der Waals surface area contributed by atoms with Crippen LogP contribution in [0.5, 0.6) is 0 Å². The lowest BCUT2D eigenvalue weighted by Crippen LogP contribution is -2.15. The number of fused-ring (bicyclic) bond motifs is 1. The third kappa shape index (κ3) is 3.98. The summed E-state index contributed by atoms with van der Waals surface area (Å²) in [6.45, 7) is 2.65. The van der Waals surface area contributed by atoms with Crippen LogP contribution in [0.25, 0.3) is 5.65 Å². The van der Waals surface area contributed by atoms with Crippen molar-refractivity contribution in [2.24, 2.45) is 7.05 Å². The summed E-state index contributed by atoms with van der Waals surface area (Å²) < 4.78 is 3.39. The highest BCUT2D eigenvalue weighted by Crippen LogP contribution is 2.18. The molecule has 9 nitrogen and oxygen atoms in total. The zero-order chi connectivity index (χ0) is 21.1. The lowest BCUT2D eigenvalue weighted by molar-refractivity contribution is 0.102. The van der Waals surface area contributed by atoms with Gasteiger partial charge in [-0.2, -0.15) is 14.9 Å². The van der Waals surface area contributed by atoms with E-state index in [0.717, 1.165) is 17.5 Å². The number of carbonyl (C=O) groups is 1. The first-order valence-electron chi connectivity index (χ1n) is 9.42. The van der Waals surface area contributed by atoms with E-state index in [2.05, 4.69) is 25.8 Å². The van der Waals surface area contributed by atoms with Gasteiger partial charge in [-0.05, 0) is 54.8 Å². The number of aromatic nitrogens is 5. The summed E-state index contributed by atoms with van der Waals surface area (Å²) in [5.74, 6) is 0.866. The minimum atomic E-state index is -0.296. The van der Waals surface area contributed by atoms with Crippen LogP contribution in [0.2, 0.25) is 0 Å². The number of benzene rings is 1. The van der Waals surface area contributed by atoms with E-state index >= 15 is 0 Å². The van der Waals surface area contributed by atoms with Crippen LogP contribution in [0.4, 0.5) is 11.6 Å². The molecular formula is C21H20N8O. The molecule has 9 heteroatoms. The number of nitrogens with zero attached hydrogens (tertiary/aromatic N) is 6. The maximum absolute atomic E-state index is 12.6. The molecule has 0 aliphatic heterocycles. The first kappa shape index (κ1) is 19.1. The Balaban J connectivity index is 1.50. The predicted octanol–water partition coefficient (Wildman–Crippen LogP) is 2.55. The molecule has 4 rings (SSSR count). The number of imidazole rings is 1. The van der Waals surface area contributed by atoms with Crippen LogP contribution in [0.15, 0.2) is 48.9 Å². The van der Waals surface area contributed by atoms with E-state index in [1.54, 1.807) is 39.7 Å². The summed E-state index contributed by atoms with van der Waals surface area (Å²) in [6, 6.07) is 10.4. The first-order valence-corrected chi connectivity index (χ1v) is 9.42. The number of rotatable bonds is 6. The zero-order valence-electron chi connectivity index (χ0n) is 16.6. The van der Waals surface area contributed by atoms with Crippen LogP contribution in [0, 0.1) is 18.3 Å². The van der Waals surface area contributed by atoms with Gasteiger partial charge in [0.05, 0.1) is 24.0 Å². The van der Waals surface area contributed by atoms with Crippen LogP contribution in [0.1, 0.15) is 27.0 Å². The van der Waals surface area contributed by atoms with Gasteiger partial charge < -0.3 is 10.6 Å². The molecule has 0 bridgehead atoms. The number of hydrogen-bond acceptors (Lipinski definition) is 6. The topological polar surface area (TPSA) is 113 Å². The summed E-state index contributed by atoms with van der Waals surface area (Å²) in [5.41, 5.74) is 3.70. The van der Waals surface area contributed by atoms with Crippen molar-refractivity contribution >= 4 is 23.2 Å². The van der Waals surface area contributed by atoms with Crippen molar-refractivity contribution in [3.8, 4) is 6.07 Å². The standard InChI is InChI=1S/C21H20N8O/c1-14-9-18(23-8-7-16-11-25-28(2)13-16)27-29-19(12-24-20(14)29)26-21(30)17-5-3-15(10-22)4-6-17/h3-6,9,11-13H,7-8H2,1-2H3,(H,23,27)(H,26,30). The number of nitriles is 1. The summed E-state index contributed by atoms with van der Waals surface area (Å²) in [4.78, 5) is 16.9. The molecule has 4 aromatic rings. The molecule has 0 radical (unpaired) electrons. The molecule has 3 heterocycles. The van der Waals surface area contributed by atoms with Gasteiger partial charge >= 0.3 is 0 Å². The highest BCUT2D eigenvalue weighted by Gasteiger charge is 2.13. The Bertz CT molecular complexity index is 1250. The van der Waals surface area contributed by atoms with Crippen molar-refractivity contribution in [3.63, 3.8) is 0 Å². The van der Waals surface area contributed by atoms with Gasteiger partial charge in [0.15, 0.2) is 11.5 Å². The number of anilines is 2. The minimum Gasteiger partial charge on any atom is -0.368 e. The molecule has 0 spiro atoms. The lowest BCUT2D eigenvalue weighted by Gasteiger charge is -2.09. The molecule has 150 valence electrons. The molecule has 0 aliphatic carbocycles. The Hall–Kier alpha value is -4.19. The third-order valence-corrected chi connectivity index (χ3v) is 4.65. The fraction of sp³-hybridized carbons (Fsp3) is 0.190. The van der Waals surface area contributed by atoms with Crippen LogP contribution in [0.3, 0.4) is 0 Å². The van der Waals surface area contributed by atoms with Crippen LogP contribution < -0.4 is 10.6 Å². The van der Waals surface area contributed by atoms with Gasteiger partial charge in [0.1, 0.15) is 5.82 Å². The van der Waals surface area contributed by atoms with Gasteiger partial charge in [-0.15, -0.1) is 5.10 Å². The fourth-order valence-corrected chi connectivity index (χ4v) is 3.11. The molecule has 1 aromatic carbocycles. The molecule has 0 atom stereocenters.